The van der Waals surface area contributed by atoms with Gasteiger partial charge in [0.25, 0.3) is 5.95 Å². The van der Waals surface area contributed by atoms with Gasteiger partial charge in [0.05, 0.1) is 25.0 Å². The molecule has 104 valence electrons. The number of anilines is 1. The number of carbonyl (C=O) groups is 1. The van der Waals surface area contributed by atoms with Gasteiger partial charge in [0.15, 0.2) is 0 Å². The molecule has 0 radical (unpaired) electrons. The van der Waals surface area contributed by atoms with Gasteiger partial charge >= 0.3 is 5.97 Å². The van der Waals surface area contributed by atoms with Crippen molar-refractivity contribution < 1.29 is 19.2 Å². The number of hydrogen-bond acceptors (Lipinski definition) is 6. The Morgan fingerprint density at radius 3 is 2.68 bits per heavy atom. The molecule has 1 saturated heterocycles. The molecule has 2 atom stereocenters. The topological polar surface area (TPSA) is 88.7 Å². The molecule has 1 aromatic heterocycles. The second kappa shape index (κ2) is 4.19. The van der Waals surface area contributed by atoms with Crippen molar-refractivity contribution in [1.29, 1.82) is 0 Å². The number of morpholine rings is 1. The van der Waals surface area contributed by atoms with Crippen molar-refractivity contribution in [3.05, 3.63) is 5.89 Å². The van der Waals surface area contributed by atoms with Crippen LogP contribution in [0, 0.1) is 11.3 Å². The van der Waals surface area contributed by atoms with Gasteiger partial charge in [0.2, 0.25) is 5.89 Å². The summed E-state index contributed by atoms with van der Waals surface area (Å²) in [6, 6.07) is 0. The van der Waals surface area contributed by atoms with Gasteiger partial charge < -0.3 is 19.3 Å². The summed E-state index contributed by atoms with van der Waals surface area (Å²) in [7, 11) is 0. The summed E-state index contributed by atoms with van der Waals surface area (Å²) >= 11 is 0. The van der Waals surface area contributed by atoms with E-state index in [1.807, 2.05) is 18.7 Å². The van der Waals surface area contributed by atoms with Crippen molar-refractivity contribution in [1.82, 2.24) is 10.1 Å². The van der Waals surface area contributed by atoms with Crippen molar-refractivity contribution in [2.24, 2.45) is 11.3 Å². The summed E-state index contributed by atoms with van der Waals surface area (Å²) in [5.41, 5.74) is -0.319. The van der Waals surface area contributed by atoms with Crippen molar-refractivity contribution in [2.45, 2.75) is 19.8 Å². The van der Waals surface area contributed by atoms with E-state index in [1.54, 1.807) is 0 Å². The van der Waals surface area contributed by atoms with Crippen molar-refractivity contribution in [2.75, 3.05) is 31.2 Å². The van der Waals surface area contributed by atoms with E-state index >= 15 is 0 Å². The molecule has 1 aliphatic heterocycles. The van der Waals surface area contributed by atoms with E-state index in [1.165, 1.54) is 0 Å². The number of ether oxygens (including phenoxy) is 1. The Balaban J connectivity index is 1.77. The van der Waals surface area contributed by atoms with Crippen LogP contribution in [0.2, 0.25) is 0 Å². The van der Waals surface area contributed by atoms with E-state index in [-0.39, 0.29) is 11.3 Å². The molecule has 0 amide bonds. The summed E-state index contributed by atoms with van der Waals surface area (Å²) in [5, 5.41) is 13.1. The normalized spacial score (nSPS) is 29.3. The first kappa shape index (κ1) is 12.4. The maximum Gasteiger partial charge on any atom is 0.307 e. The first-order valence-electron chi connectivity index (χ1n) is 6.41. The third kappa shape index (κ3) is 1.98. The lowest BCUT2D eigenvalue weighted by molar-refractivity contribution is -0.139. The van der Waals surface area contributed by atoms with E-state index in [0.717, 1.165) is 13.1 Å². The Hall–Kier alpha value is -1.63. The summed E-state index contributed by atoms with van der Waals surface area (Å²) < 4.78 is 10.5. The molecule has 2 heterocycles. The van der Waals surface area contributed by atoms with Crippen molar-refractivity contribution >= 4 is 11.9 Å². The van der Waals surface area contributed by atoms with Crippen LogP contribution < -0.4 is 4.90 Å². The highest BCUT2D eigenvalue weighted by atomic mass is 16.5. The first-order chi connectivity index (χ1) is 9.01. The highest BCUT2D eigenvalue weighted by Gasteiger charge is 2.65. The van der Waals surface area contributed by atoms with Gasteiger partial charge in [-0.1, -0.05) is 13.8 Å². The van der Waals surface area contributed by atoms with Gasteiger partial charge in [-0.15, -0.1) is 0 Å². The van der Waals surface area contributed by atoms with E-state index in [2.05, 4.69) is 10.1 Å². The van der Waals surface area contributed by atoms with Crippen LogP contribution in [0.15, 0.2) is 4.52 Å². The average Bonchev–Trinajstić information content (AvgIpc) is 2.76. The van der Waals surface area contributed by atoms with Gasteiger partial charge in [0.1, 0.15) is 0 Å². The van der Waals surface area contributed by atoms with Gasteiger partial charge in [-0.2, -0.15) is 4.98 Å². The summed E-state index contributed by atoms with van der Waals surface area (Å²) in [6.07, 6.45) is 0. The standard InChI is InChI=1S/C12H17N3O4/c1-12(2)7(8(12)10(16)17)9-13-11(14-19-9)15-3-5-18-6-4-15/h7-8H,3-6H2,1-2H3,(H,16,17). The predicted molar refractivity (Wildman–Crippen MR) is 65.0 cm³/mol. The van der Waals surface area contributed by atoms with Crippen molar-refractivity contribution in [3.63, 3.8) is 0 Å². The monoisotopic (exact) mass is 267 g/mol. The lowest BCUT2D eigenvalue weighted by Gasteiger charge is -2.24. The maximum absolute atomic E-state index is 11.2. The lowest BCUT2D eigenvalue weighted by atomic mass is 10.1. The Morgan fingerprint density at radius 2 is 2.11 bits per heavy atom. The third-order valence-electron chi connectivity index (χ3n) is 4.08. The van der Waals surface area contributed by atoms with Crippen LogP contribution in [0.25, 0.3) is 0 Å². The number of rotatable bonds is 3. The molecule has 0 aromatic carbocycles. The number of aromatic nitrogens is 2. The van der Waals surface area contributed by atoms with Crippen LogP contribution in [0.1, 0.15) is 25.7 Å². The fraction of sp³-hybridized carbons (Fsp3) is 0.750. The molecular weight excluding hydrogens is 250 g/mol. The molecule has 19 heavy (non-hydrogen) atoms. The fourth-order valence-electron chi connectivity index (χ4n) is 2.80. The van der Waals surface area contributed by atoms with Gasteiger partial charge in [-0.25, -0.2) is 0 Å². The minimum absolute atomic E-state index is 0.188. The molecular formula is C12H17N3O4. The molecule has 1 saturated carbocycles. The minimum atomic E-state index is -0.805. The van der Waals surface area contributed by atoms with Crippen LogP contribution in [0.3, 0.4) is 0 Å². The van der Waals surface area contributed by atoms with Gasteiger partial charge in [0, 0.05) is 13.1 Å². The quantitative estimate of drug-likeness (QED) is 0.863. The van der Waals surface area contributed by atoms with Gasteiger partial charge in [-0.3, -0.25) is 4.79 Å². The number of aliphatic carboxylic acids is 1. The van der Waals surface area contributed by atoms with Crippen molar-refractivity contribution in [3.8, 4) is 0 Å². The van der Waals surface area contributed by atoms with Crippen LogP contribution >= 0.6 is 0 Å². The third-order valence-corrected chi connectivity index (χ3v) is 4.08. The molecule has 1 aliphatic carbocycles. The highest BCUT2D eigenvalue weighted by Crippen LogP contribution is 2.64. The second-order valence-corrected chi connectivity index (χ2v) is 5.65. The summed E-state index contributed by atoms with van der Waals surface area (Å²) in [4.78, 5) is 17.5. The minimum Gasteiger partial charge on any atom is -0.481 e. The Bertz CT molecular complexity index is 493. The van der Waals surface area contributed by atoms with E-state index in [0.29, 0.717) is 25.1 Å². The van der Waals surface area contributed by atoms with Crippen LogP contribution in [0.4, 0.5) is 5.95 Å². The van der Waals surface area contributed by atoms with Crippen LogP contribution in [-0.4, -0.2) is 47.5 Å². The summed E-state index contributed by atoms with van der Waals surface area (Å²) in [6.45, 7) is 6.59. The molecule has 0 bridgehead atoms. The number of carboxylic acids is 1. The fourth-order valence-corrected chi connectivity index (χ4v) is 2.80. The number of hydrogen-bond donors (Lipinski definition) is 1. The zero-order valence-corrected chi connectivity index (χ0v) is 11.0. The summed E-state index contributed by atoms with van der Waals surface area (Å²) in [5.74, 6) is -0.470. The number of carboxylic acid groups (broad SMARTS) is 1. The number of nitrogens with zero attached hydrogens (tertiary/aromatic N) is 3. The molecule has 7 heteroatoms. The van der Waals surface area contributed by atoms with Crippen LogP contribution in [0.5, 0.6) is 0 Å². The van der Waals surface area contributed by atoms with E-state index in [4.69, 9.17) is 14.4 Å². The molecule has 1 N–H and O–H groups in total. The lowest BCUT2D eigenvalue weighted by Crippen LogP contribution is -2.36. The molecule has 2 aliphatic rings. The molecule has 3 rings (SSSR count). The zero-order chi connectivity index (χ0) is 13.6. The smallest absolute Gasteiger partial charge is 0.307 e. The Labute approximate surface area is 110 Å². The SMILES string of the molecule is CC1(C)C(C(=O)O)C1c1nc(N2CCOCC2)no1. The van der Waals surface area contributed by atoms with Crippen LogP contribution in [-0.2, 0) is 9.53 Å². The molecule has 2 unspecified atom stereocenters. The van der Waals surface area contributed by atoms with Gasteiger partial charge in [-0.05, 0) is 10.6 Å². The highest BCUT2D eigenvalue weighted by molar-refractivity contribution is 5.77. The van der Waals surface area contributed by atoms with E-state index < -0.39 is 11.9 Å². The molecule has 7 nitrogen and oxygen atoms in total. The molecule has 0 spiro atoms. The largest absolute Gasteiger partial charge is 0.481 e. The maximum atomic E-state index is 11.2. The van der Waals surface area contributed by atoms with E-state index in [9.17, 15) is 4.79 Å². The Kier molecular flexibility index (Phi) is 2.74. The molecule has 1 aromatic rings. The predicted octanol–water partition coefficient (Wildman–Crippen LogP) is 0.730. The first-order valence-corrected chi connectivity index (χ1v) is 6.41. The Morgan fingerprint density at radius 1 is 1.42 bits per heavy atom. The zero-order valence-electron chi connectivity index (χ0n) is 11.0. The average molecular weight is 267 g/mol. The molecule has 2 fully saturated rings. The second-order valence-electron chi connectivity index (χ2n) is 5.65.